The molecule has 0 radical (unpaired) electrons. The summed E-state index contributed by atoms with van der Waals surface area (Å²) in [5.74, 6) is 0. The van der Waals surface area contributed by atoms with Crippen molar-refractivity contribution in [3.05, 3.63) is 27.6 Å². The summed E-state index contributed by atoms with van der Waals surface area (Å²) < 4.78 is 1.52. The van der Waals surface area contributed by atoms with Crippen molar-refractivity contribution < 1.29 is 15.0 Å². The van der Waals surface area contributed by atoms with Crippen LogP contribution in [0.15, 0.2) is 22.0 Å². The Kier molecular flexibility index (Phi) is 5.10. The second-order valence-corrected chi connectivity index (χ2v) is 8.38. The summed E-state index contributed by atoms with van der Waals surface area (Å²) in [6.07, 6.45) is 6.48. The van der Waals surface area contributed by atoms with E-state index in [2.05, 4.69) is 0 Å². The molecule has 1 atom stereocenters. The van der Waals surface area contributed by atoms with Crippen molar-refractivity contribution in [2.24, 2.45) is 5.41 Å². The third kappa shape index (κ3) is 3.29. The highest BCUT2D eigenvalue weighted by atomic mass is 35.5. The Bertz CT molecular complexity index is 732. The van der Waals surface area contributed by atoms with Gasteiger partial charge >= 0.3 is 6.09 Å². The molecular weight excluding hydrogens is 364 g/mol. The number of hydrogen-bond acceptors (Lipinski definition) is 4. The Morgan fingerprint density at radius 2 is 2.04 bits per heavy atom. The Balaban J connectivity index is 1.95. The second kappa shape index (κ2) is 6.85. The van der Waals surface area contributed by atoms with Gasteiger partial charge in [-0.05, 0) is 25.5 Å². The maximum atomic E-state index is 12.4. The lowest BCUT2D eigenvalue weighted by molar-refractivity contribution is -0.137. The zero-order valence-electron chi connectivity index (χ0n) is 14.2. The molecule has 2 aliphatic rings. The third-order valence-electron chi connectivity index (χ3n) is 5.80. The predicted molar refractivity (Wildman–Crippen MR) is 97.6 cm³/mol. The number of rotatable bonds is 3. The number of thioether (sulfide) groups is 1. The molecule has 1 spiro atoms. The molecule has 0 aromatic carbocycles. The van der Waals surface area contributed by atoms with Crippen molar-refractivity contribution in [1.82, 2.24) is 9.47 Å². The standard InChI is InChI=1S/C17H23ClN2O4S/c1-25-13-9-20(14(21)8-12(13)18)11-17(24)6-7-19(15(22)23)10-16(17)4-2-3-5-16/h8-9,24H,2-7,10-11H2,1H3,(H,22,23). The van der Waals surface area contributed by atoms with E-state index in [1.807, 2.05) is 6.26 Å². The molecule has 1 amide bonds. The van der Waals surface area contributed by atoms with Crippen LogP contribution in [0.1, 0.15) is 32.1 Å². The predicted octanol–water partition coefficient (Wildman–Crippen LogP) is 2.90. The zero-order valence-corrected chi connectivity index (χ0v) is 15.8. The smallest absolute Gasteiger partial charge is 0.407 e. The van der Waals surface area contributed by atoms with E-state index in [1.165, 1.54) is 27.3 Å². The summed E-state index contributed by atoms with van der Waals surface area (Å²) in [7, 11) is 0. The van der Waals surface area contributed by atoms with Gasteiger partial charge in [0, 0.05) is 35.7 Å². The van der Waals surface area contributed by atoms with Crippen LogP contribution in [-0.2, 0) is 6.54 Å². The van der Waals surface area contributed by atoms with Gasteiger partial charge in [0.15, 0.2) is 0 Å². The van der Waals surface area contributed by atoms with Crippen LogP contribution in [0.4, 0.5) is 4.79 Å². The van der Waals surface area contributed by atoms with Crippen LogP contribution < -0.4 is 5.56 Å². The number of aliphatic hydroxyl groups is 1. The minimum atomic E-state index is -1.09. The van der Waals surface area contributed by atoms with Gasteiger partial charge in [0.05, 0.1) is 17.2 Å². The summed E-state index contributed by atoms with van der Waals surface area (Å²) in [6, 6.07) is 1.38. The molecular formula is C17H23ClN2O4S. The lowest BCUT2D eigenvalue weighted by Crippen LogP contribution is -2.62. The SMILES string of the molecule is CSc1cn(CC2(O)CCN(C(=O)O)CC23CCCC3)c(=O)cc1Cl. The van der Waals surface area contributed by atoms with E-state index < -0.39 is 17.1 Å². The van der Waals surface area contributed by atoms with Crippen LogP contribution in [0.25, 0.3) is 0 Å². The molecule has 1 unspecified atom stereocenters. The fourth-order valence-electron chi connectivity index (χ4n) is 4.35. The largest absolute Gasteiger partial charge is 0.465 e. The topological polar surface area (TPSA) is 82.8 Å². The number of hydrogen-bond donors (Lipinski definition) is 2. The van der Waals surface area contributed by atoms with Crippen molar-refractivity contribution >= 4 is 29.5 Å². The lowest BCUT2D eigenvalue weighted by atomic mass is 9.66. The molecule has 3 rings (SSSR count). The summed E-state index contributed by atoms with van der Waals surface area (Å²) >= 11 is 7.53. The first-order valence-corrected chi connectivity index (χ1v) is 10.0. The molecule has 1 saturated carbocycles. The average molecular weight is 387 g/mol. The normalized spacial score (nSPS) is 25.5. The van der Waals surface area contributed by atoms with Crippen molar-refractivity contribution in [2.75, 3.05) is 19.3 Å². The van der Waals surface area contributed by atoms with Crippen LogP contribution in [0.3, 0.4) is 0 Å². The number of amides is 1. The summed E-state index contributed by atoms with van der Waals surface area (Å²) in [5, 5.41) is 21.3. The Hall–Kier alpha value is -1.18. The maximum absolute atomic E-state index is 12.4. The van der Waals surface area contributed by atoms with Gasteiger partial charge in [-0.2, -0.15) is 0 Å². The quantitative estimate of drug-likeness (QED) is 0.780. The van der Waals surface area contributed by atoms with Gasteiger partial charge in [0.25, 0.3) is 5.56 Å². The van der Waals surface area contributed by atoms with Gasteiger partial charge < -0.3 is 19.7 Å². The fraction of sp³-hybridized carbons (Fsp3) is 0.647. The number of pyridine rings is 1. The first-order chi connectivity index (χ1) is 11.8. The van der Waals surface area contributed by atoms with Gasteiger partial charge in [-0.25, -0.2) is 4.79 Å². The van der Waals surface area contributed by atoms with E-state index in [-0.39, 0.29) is 18.6 Å². The highest BCUT2D eigenvalue weighted by Crippen LogP contribution is 2.51. The molecule has 8 heteroatoms. The number of nitrogens with zero attached hydrogens (tertiary/aromatic N) is 2. The van der Waals surface area contributed by atoms with Crippen molar-refractivity contribution in [2.45, 2.75) is 49.1 Å². The Morgan fingerprint density at radius 3 is 2.64 bits per heavy atom. The molecule has 1 saturated heterocycles. The van der Waals surface area contributed by atoms with Crippen LogP contribution >= 0.6 is 23.4 Å². The summed E-state index contributed by atoms with van der Waals surface area (Å²) in [4.78, 5) is 26.0. The van der Waals surface area contributed by atoms with Crippen LogP contribution in [0, 0.1) is 5.41 Å². The van der Waals surface area contributed by atoms with Gasteiger partial charge in [0.1, 0.15) is 0 Å². The summed E-state index contributed by atoms with van der Waals surface area (Å²) in [5.41, 5.74) is -1.82. The first kappa shape index (κ1) is 18.6. The number of aromatic nitrogens is 1. The third-order valence-corrected chi connectivity index (χ3v) is 6.99. The Morgan fingerprint density at radius 1 is 1.36 bits per heavy atom. The van der Waals surface area contributed by atoms with Crippen molar-refractivity contribution in [1.29, 1.82) is 0 Å². The van der Waals surface area contributed by atoms with Gasteiger partial charge in [-0.1, -0.05) is 24.4 Å². The monoisotopic (exact) mass is 386 g/mol. The molecule has 6 nitrogen and oxygen atoms in total. The van der Waals surface area contributed by atoms with Crippen molar-refractivity contribution in [3.8, 4) is 0 Å². The molecule has 2 fully saturated rings. The molecule has 2 heterocycles. The second-order valence-electron chi connectivity index (χ2n) is 7.13. The van der Waals surface area contributed by atoms with Gasteiger partial charge in [0.2, 0.25) is 0 Å². The number of carboxylic acid groups (broad SMARTS) is 1. The molecule has 1 aliphatic heterocycles. The Labute approximate surface area is 155 Å². The van der Waals surface area contributed by atoms with E-state index in [9.17, 15) is 19.8 Å². The van der Waals surface area contributed by atoms with Gasteiger partial charge in [-0.15, -0.1) is 11.8 Å². The van der Waals surface area contributed by atoms with Crippen LogP contribution in [-0.4, -0.2) is 50.7 Å². The van der Waals surface area contributed by atoms with Crippen molar-refractivity contribution in [3.63, 3.8) is 0 Å². The number of likely N-dealkylation sites (tertiary alicyclic amines) is 1. The summed E-state index contributed by atoms with van der Waals surface area (Å²) in [6.45, 7) is 0.784. The molecule has 2 N–H and O–H groups in total. The maximum Gasteiger partial charge on any atom is 0.407 e. The fourth-order valence-corrected chi connectivity index (χ4v) is 5.21. The highest BCUT2D eigenvalue weighted by molar-refractivity contribution is 7.98. The lowest BCUT2D eigenvalue weighted by Gasteiger charge is -2.51. The molecule has 138 valence electrons. The zero-order chi connectivity index (χ0) is 18.2. The first-order valence-electron chi connectivity index (χ1n) is 8.44. The number of carbonyl (C=O) groups is 1. The van der Waals surface area contributed by atoms with Crippen LogP contribution in [0.2, 0.25) is 5.02 Å². The van der Waals surface area contributed by atoms with E-state index in [1.54, 1.807) is 6.20 Å². The van der Waals surface area contributed by atoms with E-state index in [4.69, 9.17) is 11.6 Å². The number of halogens is 1. The van der Waals surface area contributed by atoms with Crippen LogP contribution in [0.5, 0.6) is 0 Å². The molecule has 25 heavy (non-hydrogen) atoms. The van der Waals surface area contributed by atoms with E-state index in [0.717, 1.165) is 30.6 Å². The average Bonchev–Trinajstić information content (AvgIpc) is 3.03. The molecule has 1 aromatic heterocycles. The van der Waals surface area contributed by atoms with E-state index >= 15 is 0 Å². The molecule has 1 aromatic rings. The highest BCUT2D eigenvalue weighted by Gasteiger charge is 2.55. The van der Waals surface area contributed by atoms with E-state index in [0.29, 0.717) is 18.0 Å². The minimum absolute atomic E-state index is 0.171. The molecule has 0 bridgehead atoms. The molecule has 1 aliphatic carbocycles. The minimum Gasteiger partial charge on any atom is -0.465 e. The van der Waals surface area contributed by atoms with Gasteiger partial charge in [-0.3, -0.25) is 4.79 Å². The number of piperidine rings is 1.